The van der Waals surface area contributed by atoms with Crippen molar-refractivity contribution in [2.75, 3.05) is 4.90 Å². The summed E-state index contributed by atoms with van der Waals surface area (Å²) in [7, 11) is 0. The Kier molecular flexibility index (Phi) is 9.89. The Hall–Kier alpha value is -8.72. The first kappa shape index (κ1) is 38.9. The average Bonchev–Trinajstić information content (AvgIpc) is 3.75. The Labute approximate surface area is 385 Å². The van der Waals surface area contributed by atoms with Crippen molar-refractivity contribution in [2.45, 2.75) is 0 Å². The summed E-state index contributed by atoms with van der Waals surface area (Å²) in [6, 6.07) is 96.8. The lowest BCUT2D eigenvalue weighted by Crippen LogP contribution is -2.10. The SMILES string of the molecule is c1ccc(-c2cccc(-c3ccc(N(c4ccc(-c5ccccc5-c5ccccc5)cc4)c4cccc(-c5cc6ccccc6c6c5c5ccccc5n6-c5ccccc5)c4)cc3)c2)cc1. The molecule has 0 N–H and O–H groups in total. The topological polar surface area (TPSA) is 8.17 Å². The molecule has 0 saturated heterocycles. The van der Waals surface area contributed by atoms with Gasteiger partial charge in [-0.2, -0.15) is 0 Å². The van der Waals surface area contributed by atoms with Crippen LogP contribution in [0.2, 0.25) is 0 Å². The maximum Gasteiger partial charge on any atom is 0.0625 e. The second kappa shape index (κ2) is 16.8. The summed E-state index contributed by atoms with van der Waals surface area (Å²) in [6.07, 6.45) is 0. The Morgan fingerprint density at radius 2 is 0.758 bits per heavy atom. The van der Waals surface area contributed by atoms with E-state index in [9.17, 15) is 0 Å². The minimum Gasteiger partial charge on any atom is -0.310 e. The van der Waals surface area contributed by atoms with Gasteiger partial charge in [0.15, 0.2) is 0 Å². The molecule has 1 heterocycles. The molecule has 1 aromatic heterocycles. The molecule has 310 valence electrons. The number of anilines is 3. The minimum atomic E-state index is 1.08. The van der Waals surface area contributed by atoms with Crippen LogP contribution in [0.15, 0.2) is 267 Å². The minimum absolute atomic E-state index is 1.08. The average molecular weight is 841 g/mol. The third-order valence-electron chi connectivity index (χ3n) is 13.0. The summed E-state index contributed by atoms with van der Waals surface area (Å²) in [5, 5.41) is 4.93. The second-order valence-corrected chi connectivity index (χ2v) is 16.9. The molecule has 0 bridgehead atoms. The van der Waals surface area contributed by atoms with Crippen molar-refractivity contribution in [1.82, 2.24) is 4.57 Å². The number of aromatic nitrogens is 1. The molecule has 0 amide bonds. The van der Waals surface area contributed by atoms with E-state index in [1.54, 1.807) is 0 Å². The molecule has 0 saturated carbocycles. The monoisotopic (exact) mass is 840 g/mol. The molecule has 66 heavy (non-hydrogen) atoms. The molecule has 0 atom stereocenters. The zero-order valence-electron chi connectivity index (χ0n) is 36.3. The molecule has 2 nitrogen and oxygen atoms in total. The summed E-state index contributed by atoms with van der Waals surface area (Å²) in [4.78, 5) is 2.39. The van der Waals surface area contributed by atoms with Crippen molar-refractivity contribution in [1.29, 1.82) is 0 Å². The third kappa shape index (κ3) is 7.02. The van der Waals surface area contributed by atoms with Crippen LogP contribution < -0.4 is 4.90 Å². The van der Waals surface area contributed by atoms with Gasteiger partial charge in [-0.1, -0.05) is 200 Å². The van der Waals surface area contributed by atoms with E-state index in [0.717, 1.165) is 28.3 Å². The fourth-order valence-corrected chi connectivity index (χ4v) is 9.87. The van der Waals surface area contributed by atoms with Crippen LogP contribution in [0.5, 0.6) is 0 Å². The lowest BCUT2D eigenvalue weighted by atomic mass is 9.94. The fourth-order valence-electron chi connectivity index (χ4n) is 9.87. The van der Waals surface area contributed by atoms with Crippen LogP contribution >= 0.6 is 0 Å². The standard InChI is InChI=1S/C64H44N2/c1-4-18-45(19-5-1)49-23-16-24-50(42-49)46-34-38-54(39-35-46)65(55-40-36-48(37-41-55)58-30-13-12-29-57(58)47-20-6-2-7-21-47)56-28-17-25-51(43-56)61-44-52-22-10-11-31-59(52)64-63(61)60-32-14-15-33-62(60)66(64)53-26-8-3-9-27-53/h1-44H. The smallest absolute Gasteiger partial charge is 0.0625 e. The zero-order valence-corrected chi connectivity index (χ0v) is 36.3. The van der Waals surface area contributed by atoms with Crippen LogP contribution in [-0.2, 0) is 0 Å². The Morgan fingerprint density at radius 3 is 1.44 bits per heavy atom. The van der Waals surface area contributed by atoms with Gasteiger partial charge in [-0.15, -0.1) is 0 Å². The van der Waals surface area contributed by atoms with E-state index in [0.29, 0.717) is 0 Å². The molecule has 0 aliphatic carbocycles. The molecule has 0 fully saturated rings. The molecule has 2 heteroatoms. The maximum absolute atomic E-state index is 2.45. The van der Waals surface area contributed by atoms with E-state index >= 15 is 0 Å². The van der Waals surface area contributed by atoms with Crippen molar-refractivity contribution in [2.24, 2.45) is 0 Å². The van der Waals surface area contributed by atoms with Crippen LogP contribution in [0.1, 0.15) is 0 Å². The Balaban J connectivity index is 1.02. The van der Waals surface area contributed by atoms with E-state index in [4.69, 9.17) is 0 Å². The van der Waals surface area contributed by atoms with Crippen LogP contribution in [0.25, 0.3) is 93.9 Å². The lowest BCUT2D eigenvalue weighted by molar-refractivity contribution is 1.19. The van der Waals surface area contributed by atoms with Crippen LogP contribution in [0.4, 0.5) is 17.1 Å². The van der Waals surface area contributed by atoms with Crippen molar-refractivity contribution >= 4 is 49.6 Å². The van der Waals surface area contributed by atoms with E-state index in [1.165, 1.54) is 82.6 Å². The quantitative estimate of drug-likeness (QED) is 0.141. The summed E-state index contributed by atoms with van der Waals surface area (Å²) >= 11 is 0. The lowest BCUT2D eigenvalue weighted by Gasteiger charge is -2.27. The van der Waals surface area contributed by atoms with Crippen molar-refractivity contribution in [3.8, 4) is 61.3 Å². The van der Waals surface area contributed by atoms with Gasteiger partial charge in [0.05, 0.1) is 11.0 Å². The Morgan fingerprint density at radius 1 is 0.273 bits per heavy atom. The van der Waals surface area contributed by atoms with Crippen molar-refractivity contribution in [3.63, 3.8) is 0 Å². The molecule has 11 aromatic carbocycles. The summed E-state index contributed by atoms with van der Waals surface area (Å²) in [6.45, 7) is 0. The first-order valence-corrected chi connectivity index (χ1v) is 22.7. The predicted octanol–water partition coefficient (Wildman–Crippen LogP) is 17.7. The van der Waals surface area contributed by atoms with E-state index in [2.05, 4.69) is 276 Å². The molecule has 0 aliphatic rings. The number of hydrogen-bond donors (Lipinski definition) is 0. The normalized spacial score (nSPS) is 11.3. The highest BCUT2D eigenvalue weighted by molar-refractivity contribution is 6.24. The zero-order chi connectivity index (χ0) is 43.8. The molecule has 12 rings (SSSR count). The van der Waals surface area contributed by atoms with Gasteiger partial charge in [0.25, 0.3) is 0 Å². The van der Waals surface area contributed by atoms with Gasteiger partial charge in [-0.3, -0.25) is 0 Å². The van der Waals surface area contributed by atoms with E-state index in [-0.39, 0.29) is 0 Å². The van der Waals surface area contributed by atoms with Crippen LogP contribution in [0, 0.1) is 0 Å². The molecule has 0 spiro atoms. The highest BCUT2D eigenvalue weighted by Crippen LogP contribution is 2.45. The van der Waals surface area contributed by atoms with Gasteiger partial charge in [0.2, 0.25) is 0 Å². The van der Waals surface area contributed by atoms with Gasteiger partial charge in [-0.25, -0.2) is 0 Å². The van der Waals surface area contributed by atoms with Gasteiger partial charge in [0.1, 0.15) is 0 Å². The highest BCUT2D eigenvalue weighted by atomic mass is 15.1. The number of fused-ring (bicyclic) bond motifs is 5. The van der Waals surface area contributed by atoms with Crippen LogP contribution in [0.3, 0.4) is 0 Å². The van der Waals surface area contributed by atoms with Crippen LogP contribution in [-0.4, -0.2) is 4.57 Å². The predicted molar refractivity (Wildman–Crippen MR) is 280 cm³/mol. The first-order chi connectivity index (χ1) is 32.7. The van der Waals surface area contributed by atoms with E-state index < -0.39 is 0 Å². The first-order valence-electron chi connectivity index (χ1n) is 22.7. The molecule has 0 radical (unpaired) electrons. The van der Waals surface area contributed by atoms with Crippen molar-refractivity contribution in [3.05, 3.63) is 267 Å². The third-order valence-corrected chi connectivity index (χ3v) is 13.0. The molecular weight excluding hydrogens is 797 g/mol. The Bertz CT molecular complexity index is 3660. The van der Waals surface area contributed by atoms with E-state index in [1.807, 2.05) is 0 Å². The second-order valence-electron chi connectivity index (χ2n) is 16.9. The molecule has 12 aromatic rings. The molecule has 0 aliphatic heterocycles. The number of nitrogens with zero attached hydrogens (tertiary/aromatic N) is 2. The summed E-state index contributed by atoms with van der Waals surface area (Å²) in [5.74, 6) is 0. The summed E-state index contributed by atoms with van der Waals surface area (Å²) in [5.41, 5.74) is 18.8. The number of hydrogen-bond acceptors (Lipinski definition) is 1. The number of rotatable bonds is 9. The summed E-state index contributed by atoms with van der Waals surface area (Å²) < 4.78 is 2.45. The van der Waals surface area contributed by atoms with Crippen molar-refractivity contribution < 1.29 is 0 Å². The number of para-hydroxylation sites is 2. The number of benzene rings is 11. The van der Waals surface area contributed by atoms with Gasteiger partial charge in [0, 0.05) is 38.9 Å². The molecule has 0 unspecified atom stereocenters. The van der Waals surface area contributed by atoms with Gasteiger partial charge < -0.3 is 9.47 Å². The maximum atomic E-state index is 2.45. The highest BCUT2D eigenvalue weighted by Gasteiger charge is 2.21. The van der Waals surface area contributed by atoms with Gasteiger partial charge in [-0.05, 0) is 128 Å². The fraction of sp³-hybridized carbons (Fsp3) is 0. The molecular formula is C64H44N2. The van der Waals surface area contributed by atoms with Gasteiger partial charge >= 0.3 is 0 Å². The largest absolute Gasteiger partial charge is 0.310 e.